The Balaban J connectivity index is 1.83. The zero-order valence-electron chi connectivity index (χ0n) is 11.4. The van der Waals surface area contributed by atoms with E-state index >= 15 is 0 Å². The van der Waals surface area contributed by atoms with Gasteiger partial charge in [-0.1, -0.05) is 22.9 Å². The molecule has 2 rings (SSSR count). The monoisotopic (exact) mass is 326 g/mol. The summed E-state index contributed by atoms with van der Waals surface area (Å²) in [5.41, 5.74) is 0.651. The molecular formula is C13H15ClN4O2S. The molecule has 1 aromatic heterocycles. The number of hydrogen-bond donors (Lipinski definition) is 2. The zero-order valence-corrected chi connectivity index (χ0v) is 13.0. The maximum Gasteiger partial charge on any atom is 0.325 e. The number of amides is 2. The number of nitrogens with one attached hydrogen (secondary N) is 2. The minimum absolute atomic E-state index is 0.371. The van der Waals surface area contributed by atoms with Crippen molar-refractivity contribution in [2.45, 2.75) is 13.3 Å². The van der Waals surface area contributed by atoms with E-state index in [2.05, 4.69) is 20.8 Å². The van der Waals surface area contributed by atoms with Crippen molar-refractivity contribution in [2.75, 3.05) is 23.8 Å². The number of carbonyl (C=O) groups is 1. The minimum atomic E-state index is -0.371. The van der Waals surface area contributed by atoms with Crippen LogP contribution in [0.2, 0.25) is 5.02 Å². The molecule has 0 unspecified atom stereocenters. The number of anilines is 2. The molecule has 0 saturated carbocycles. The molecule has 0 atom stereocenters. The maximum atomic E-state index is 11.8. The van der Waals surface area contributed by atoms with Gasteiger partial charge in [-0.25, -0.2) is 4.79 Å². The summed E-state index contributed by atoms with van der Waals surface area (Å²) >= 11 is 7.11. The molecule has 0 fully saturated rings. The lowest BCUT2D eigenvalue weighted by Gasteiger charge is -2.04. The van der Waals surface area contributed by atoms with E-state index < -0.39 is 0 Å². The first-order valence-electron chi connectivity index (χ1n) is 6.41. The summed E-state index contributed by atoms with van der Waals surface area (Å²) in [6, 6.07) is 6.47. The molecule has 0 aliphatic carbocycles. The summed E-state index contributed by atoms with van der Waals surface area (Å²) in [7, 11) is 0. The van der Waals surface area contributed by atoms with E-state index in [0.717, 1.165) is 5.01 Å². The quantitative estimate of drug-likeness (QED) is 0.797. The summed E-state index contributed by atoms with van der Waals surface area (Å²) in [6.07, 6.45) is 0.686. The number of nitrogens with zero attached hydrogens (tertiary/aromatic N) is 2. The average Bonchev–Trinajstić information content (AvgIpc) is 2.89. The molecule has 112 valence electrons. The molecule has 0 saturated heterocycles. The molecule has 21 heavy (non-hydrogen) atoms. The maximum absolute atomic E-state index is 11.8. The van der Waals surface area contributed by atoms with Crippen molar-refractivity contribution in [1.29, 1.82) is 0 Å². The number of urea groups is 1. The van der Waals surface area contributed by atoms with Gasteiger partial charge in [-0.3, -0.25) is 5.32 Å². The summed E-state index contributed by atoms with van der Waals surface area (Å²) < 4.78 is 5.24. The molecule has 2 N–H and O–H groups in total. The number of halogens is 1. The molecule has 0 spiro atoms. The van der Waals surface area contributed by atoms with Crippen molar-refractivity contribution in [3.8, 4) is 0 Å². The van der Waals surface area contributed by atoms with Gasteiger partial charge in [0.25, 0.3) is 0 Å². The minimum Gasteiger partial charge on any atom is -0.381 e. The van der Waals surface area contributed by atoms with Crippen LogP contribution in [0.3, 0.4) is 0 Å². The second-order valence-electron chi connectivity index (χ2n) is 4.03. The first-order valence-corrected chi connectivity index (χ1v) is 7.60. The Morgan fingerprint density at radius 3 is 2.76 bits per heavy atom. The SMILES string of the molecule is CCOCCc1nnc(NC(=O)Nc2ccc(Cl)cc2)s1. The van der Waals surface area contributed by atoms with E-state index in [1.807, 2.05) is 6.92 Å². The highest BCUT2D eigenvalue weighted by molar-refractivity contribution is 7.15. The van der Waals surface area contributed by atoms with Crippen molar-refractivity contribution in [3.05, 3.63) is 34.3 Å². The van der Waals surface area contributed by atoms with Crippen LogP contribution in [-0.4, -0.2) is 29.4 Å². The molecule has 2 amide bonds. The molecular weight excluding hydrogens is 312 g/mol. The normalized spacial score (nSPS) is 10.4. The second kappa shape index (κ2) is 7.92. The van der Waals surface area contributed by atoms with Crippen LogP contribution >= 0.6 is 22.9 Å². The lowest BCUT2D eigenvalue weighted by Crippen LogP contribution is -2.19. The topological polar surface area (TPSA) is 76.1 Å². The lowest BCUT2D eigenvalue weighted by molar-refractivity contribution is 0.150. The third kappa shape index (κ3) is 5.30. The molecule has 0 radical (unpaired) electrons. The number of ether oxygens (including phenoxy) is 1. The number of benzene rings is 1. The Kier molecular flexibility index (Phi) is 5.91. The van der Waals surface area contributed by atoms with Gasteiger partial charge >= 0.3 is 6.03 Å². The van der Waals surface area contributed by atoms with Gasteiger partial charge < -0.3 is 10.1 Å². The Morgan fingerprint density at radius 2 is 2.05 bits per heavy atom. The van der Waals surface area contributed by atoms with Gasteiger partial charge in [0, 0.05) is 23.7 Å². The van der Waals surface area contributed by atoms with Crippen molar-refractivity contribution in [2.24, 2.45) is 0 Å². The van der Waals surface area contributed by atoms with Crippen LogP contribution in [0.1, 0.15) is 11.9 Å². The van der Waals surface area contributed by atoms with Gasteiger partial charge in [0.1, 0.15) is 5.01 Å². The zero-order chi connectivity index (χ0) is 15.1. The first-order chi connectivity index (χ1) is 10.2. The van der Waals surface area contributed by atoms with Crippen molar-refractivity contribution in [1.82, 2.24) is 10.2 Å². The molecule has 0 bridgehead atoms. The molecule has 1 aromatic carbocycles. The van der Waals surface area contributed by atoms with Crippen molar-refractivity contribution in [3.63, 3.8) is 0 Å². The highest BCUT2D eigenvalue weighted by Crippen LogP contribution is 2.17. The lowest BCUT2D eigenvalue weighted by atomic mass is 10.3. The summed E-state index contributed by atoms with van der Waals surface area (Å²) in [6.45, 7) is 3.21. The van der Waals surface area contributed by atoms with Crippen LogP contribution in [0.25, 0.3) is 0 Å². The standard InChI is InChI=1S/C13H15ClN4O2S/c1-2-20-8-7-11-17-18-13(21-11)16-12(19)15-10-5-3-9(14)4-6-10/h3-6H,2,7-8H2,1H3,(H2,15,16,18,19). The molecule has 0 aliphatic heterocycles. The van der Waals surface area contributed by atoms with Gasteiger partial charge in [0.05, 0.1) is 6.61 Å². The number of hydrogen-bond acceptors (Lipinski definition) is 5. The van der Waals surface area contributed by atoms with E-state index in [9.17, 15) is 4.79 Å². The largest absolute Gasteiger partial charge is 0.381 e. The van der Waals surface area contributed by atoms with Crippen LogP contribution in [0, 0.1) is 0 Å². The van der Waals surface area contributed by atoms with E-state index in [0.29, 0.717) is 35.5 Å². The molecule has 2 aromatic rings. The Hall–Kier alpha value is -1.70. The van der Waals surface area contributed by atoms with Gasteiger partial charge in [0.2, 0.25) is 5.13 Å². The third-order valence-corrected chi connectivity index (χ3v) is 3.60. The number of rotatable bonds is 6. The van der Waals surface area contributed by atoms with E-state index in [4.69, 9.17) is 16.3 Å². The molecule has 8 heteroatoms. The third-order valence-electron chi connectivity index (χ3n) is 2.45. The average molecular weight is 327 g/mol. The fourth-order valence-electron chi connectivity index (χ4n) is 1.50. The van der Waals surface area contributed by atoms with Crippen molar-refractivity contribution < 1.29 is 9.53 Å². The fraction of sp³-hybridized carbons (Fsp3) is 0.308. The number of carbonyl (C=O) groups excluding carboxylic acids is 1. The van der Waals surface area contributed by atoms with Crippen LogP contribution in [0.5, 0.6) is 0 Å². The van der Waals surface area contributed by atoms with Crippen LogP contribution in [0.4, 0.5) is 15.6 Å². The summed E-state index contributed by atoms with van der Waals surface area (Å²) in [5.74, 6) is 0. The first kappa shape index (κ1) is 15.7. The van der Waals surface area contributed by atoms with Gasteiger partial charge in [-0.2, -0.15) is 0 Å². The molecule has 1 heterocycles. The predicted octanol–water partition coefficient (Wildman–Crippen LogP) is 3.41. The van der Waals surface area contributed by atoms with Crippen LogP contribution in [0.15, 0.2) is 24.3 Å². The van der Waals surface area contributed by atoms with E-state index in [1.165, 1.54) is 11.3 Å². The molecule has 0 aliphatic rings. The van der Waals surface area contributed by atoms with E-state index in [-0.39, 0.29) is 6.03 Å². The Bertz CT molecular complexity index is 588. The highest BCUT2D eigenvalue weighted by Gasteiger charge is 2.08. The Morgan fingerprint density at radius 1 is 1.29 bits per heavy atom. The van der Waals surface area contributed by atoms with Gasteiger partial charge in [-0.15, -0.1) is 10.2 Å². The van der Waals surface area contributed by atoms with Crippen LogP contribution in [-0.2, 0) is 11.2 Å². The van der Waals surface area contributed by atoms with E-state index in [1.54, 1.807) is 24.3 Å². The predicted molar refractivity (Wildman–Crippen MR) is 84.2 cm³/mol. The summed E-state index contributed by atoms with van der Waals surface area (Å²) in [4.78, 5) is 11.8. The van der Waals surface area contributed by atoms with Gasteiger partial charge in [-0.05, 0) is 31.2 Å². The van der Waals surface area contributed by atoms with Gasteiger partial charge in [0.15, 0.2) is 0 Å². The summed E-state index contributed by atoms with van der Waals surface area (Å²) in [5, 5.41) is 15.1. The Labute approximate surface area is 131 Å². The van der Waals surface area contributed by atoms with Crippen molar-refractivity contribution >= 4 is 39.8 Å². The second-order valence-corrected chi connectivity index (χ2v) is 5.53. The highest BCUT2D eigenvalue weighted by atomic mass is 35.5. The number of aromatic nitrogens is 2. The van der Waals surface area contributed by atoms with Crippen LogP contribution < -0.4 is 10.6 Å². The smallest absolute Gasteiger partial charge is 0.325 e. The fourth-order valence-corrected chi connectivity index (χ4v) is 2.34. The molecule has 6 nitrogen and oxygen atoms in total.